The SMILES string of the molecule is COCCn1cccc1[C@H]1[C@H](c2ccccn2)NC(=S)N1c1ccc(O)cc1. The van der Waals surface area contributed by atoms with Crippen molar-refractivity contribution in [2.24, 2.45) is 0 Å². The Labute approximate surface area is 169 Å². The van der Waals surface area contributed by atoms with Gasteiger partial charge in [0.2, 0.25) is 0 Å². The maximum Gasteiger partial charge on any atom is 0.174 e. The van der Waals surface area contributed by atoms with Crippen LogP contribution in [-0.4, -0.2) is 33.5 Å². The van der Waals surface area contributed by atoms with Gasteiger partial charge in [-0.3, -0.25) is 4.98 Å². The van der Waals surface area contributed by atoms with Gasteiger partial charge in [-0.15, -0.1) is 0 Å². The fourth-order valence-electron chi connectivity index (χ4n) is 3.64. The second kappa shape index (κ2) is 8.00. The van der Waals surface area contributed by atoms with Crippen LogP contribution in [0.5, 0.6) is 5.75 Å². The number of phenolic OH excluding ortho intramolecular Hbond substituents is 1. The minimum absolute atomic E-state index is 0.0844. The summed E-state index contributed by atoms with van der Waals surface area (Å²) in [7, 11) is 1.70. The Balaban J connectivity index is 1.80. The summed E-state index contributed by atoms with van der Waals surface area (Å²) in [6, 6.07) is 17.0. The number of nitrogens with zero attached hydrogens (tertiary/aromatic N) is 3. The number of hydrogen-bond donors (Lipinski definition) is 2. The highest BCUT2D eigenvalue weighted by molar-refractivity contribution is 7.80. The Morgan fingerprint density at radius 2 is 1.96 bits per heavy atom. The minimum Gasteiger partial charge on any atom is -0.508 e. The highest BCUT2D eigenvalue weighted by Gasteiger charge is 2.41. The van der Waals surface area contributed by atoms with Crippen LogP contribution in [0.3, 0.4) is 0 Å². The van der Waals surface area contributed by atoms with E-state index in [1.54, 1.807) is 25.4 Å². The van der Waals surface area contributed by atoms with Crippen molar-refractivity contribution in [1.82, 2.24) is 14.9 Å². The number of pyridine rings is 1. The average molecular weight is 395 g/mol. The number of anilines is 1. The van der Waals surface area contributed by atoms with Crippen molar-refractivity contribution in [3.63, 3.8) is 0 Å². The Morgan fingerprint density at radius 1 is 1.14 bits per heavy atom. The number of benzene rings is 1. The number of rotatable bonds is 6. The van der Waals surface area contributed by atoms with Crippen molar-refractivity contribution in [1.29, 1.82) is 0 Å². The molecular weight excluding hydrogens is 372 g/mol. The van der Waals surface area contributed by atoms with Gasteiger partial charge in [0.05, 0.1) is 18.3 Å². The van der Waals surface area contributed by atoms with E-state index in [0.717, 1.165) is 23.6 Å². The van der Waals surface area contributed by atoms with E-state index in [9.17, 15) is 5.11 Å². The number of aromatic nitrogens is 2. The first-order chi connectivity index (χ1) is 13.7. The number of aromatic hydroxyl groups is 1. The molecule has 1 aliphatic rings. The van der Waals surface area contributed by atoms with Gasteiger partial charge in [0, 0.05) is 37.4 Å². The van der Waals surface area contributed by atoms with Crippen molar-refractivity contribution in [2.45, 2.75) is 18.6 Å². The van der Waals surface area contributed by atoms with E-state index in [1.807, 2.05) is 36.4 Å². The Morgan fingerprint density at radius 3 is 2.68 bits per heavy atom. The lowest BCUT2D eigenvalue weighted by molar-refractivity contribution is 0.186. The third-order valence-electron chi connectivity index (χ3n) is 4.93. The number of ether oxygens (including phenoxy) is 1. The third-order valence-corrected chi connectivity index (χ3v) is 5.24. The first-order valence-corrected chi connectivity index (χ1v) is 9.53. The van der Waals surface area contributed by atoms with Crippen LogP contribution in [0.4, 0.5) is 5.69 Å². The van der Waals surface area contributed by atoms with Crippen LogP contribution in [0.15, 0.2) is 67.0 Å². The van der Waals surface area contributed by atoms with Crippen molar-refractivity contribution >= 4 is 23.0 Å². The van der Waals surface area contributed by atoms with E-state index in [-0.39, 0.29) is 17.8 Å². The molecule has 2 N–H and O–H groups in total. The molecule has 0 spiro atoms. The molecule has 28 heavy (non-hydrogen) atoms. The quantitative estimate of drug-likeness (QED) is 0.625. The molecule has 3 aromatic rings. The summed E-state index contributed by atoms with van der Waals surface area (Å²) in [6.45, 7) is 1.38. The summed E-state index contributed by atoms with van der Waals surface area (Å²) in [4.78, 5) is 6.66. The van der Waals surface area contributed by atoms with E-state index >= 15 is 0 Å². The molecule has 0 unspecified atom stereocenters. The zero-order chi connectivity index (χ0) is 19.5. The van der Waals surface area contributed by atoms with Crippen LogP contribution >= 0.6 is 12.2 Å². The average Bonchev–Trinajstić information content (AvgIpc) is 3.31. The lowest BCUT2D eigenvalue weighted by Crippen LogP contribution is -2.30. The van der Waals surface area contributed by atoms with Crippen molar-refractivity contribution in [3.8, 4) is 5.75 Å². The summed E-state index contributed by atoms with van der Waals surface area (Å²) >= 11 is 5.70. The maximum atomic E-state index is 9.69. The van der Waals surface area contributed by atoms with Gasteiger partial charge >= 0.3 is 0 Å². The molecule has 0 amide bonds. The minimum atomic E-state index is -0.0984. The molecule has 2 aromatic heterocycles. The van der Waals surface area contributed by atoms with Gasteiger partial charge in [-0.05, 0) is 60.7 Å². The molecule has 7 heteroatoms. The predicted molar refractivity (Wildman–Crippen MR) is 112 cm³/mol. The van der Waals surface area contributed by atoms with Gasteiger partial charge in [-0.25, -0.2) is 0 Å². The summed E-state index contributed by atoms with van der Waals surface area (Å²) in [5.41, 5.74) is 2.96. The smallest absolute Gasteiger partial charge is 0.174 e. The Bertz CT molecular complexity index is 943. The van der Waals surface area contributed by atoms with Crippen LogP contribution in [0.25, 0.3) is 0 Å². The molecule has 144 valence electrons. The summed E-state index contributed by atoms with van der Waals surface area (Å²) < 4.78 is 7.46. The second-order valence-corrected chi connectivity index (χ2v) is 7.02. The van der Waals surface area contributed by atoms with Crippen molar-refractivity contribution < 1.29 is 9.84 Å². The van der Waals surface area contributed by atoms with E-state index in [0.29, 0.717) is 11.7 Å². The maximum absolute atomic E-state index is 9.69. The molecule has 3 heterocycles. The molecule has 1 aromatic carbocycles. The highest BCUT2D eigenvalue weighted by atomic mass is 32.1. The highest BCUT2D eigenvalue weighted by Crippen LogP contribution is 2.41. The molecule has 0 radical (unpaired) electrons. The number of thiocarbonyl (C=S) groups is 1. The zero-order valence-corrected chi connectivity index (χ0v) is 16.3. The van der Waals surface area contributed by atoms with E-state index in [1.165, 1.54) is 0 Å². The molecule has 1 aliphatic heterocycles. The van der Waals surface area contributed by atoms with E-state index < -0.39 is 0 Å². The van der Waals surface area contributed by atoms with Gasteiger partial charge in [0.15, 0.2) is 5.11 Å². The van der Waals surface area contributed by atoms with Crippen molar-refractivity contribution in [2.75, 3.05) is 18.6 Å². The van der Waals surface area contributed by atoms with E-state index in [2.05, 4.69) is 32.0 Å². The fourth-order valence-corrected chi connectivity index (χ4v) is 3.98. The third kappa shape index (κ3) is 3.46. The lowest BCUT2D eigenvalue weighted by Gasteiger charge is -2.29. The van der Waals surface area contributed by atoms with Gasteiger partial charge in [0.1, 0.15) is 11.8 Å². The van der Waals surface area contributed by atoms with Crippen LogP contribution in [-0.2, 0) is 11.3 Å². The first-order valence-electron chi connectivity index (χ1n) is 9.12. The largest absolute Gasteiger partial charge is 0.508 e. The zero-order valence-electron chi connectivity index (χ0n) is 15.5. The number of nitrogens with one attached hydrogen (secondary N) is 1. The van der Waals surface area contributed by atoms with Gasteiger partial charge in [-0.1, -0.05) is 6.07 Å². The monoisotopic (exact) mass is 394 g/mol. The van der Waals surface area contributed by atoms with Crippen molar-refractivity contribution in [3.05, 3.63) is 78.4 Å². The topological polar surface area (TPSA) is 62.5 Å². The molecule has 0 bridgehead atoms. The van der Waals surface area contributed by atoms with Crippen LogP contribution in [0.2, 0.25) is 0 Å². The molecule has 2 atom stereocenters. The standard InChI is InChI=1S/C21H22N4O2S/c1-27-14-13-24-12-4-6-18(24)20-19(17-5-2-3-11-22-17)23-21(28)25(20)15-7-9-16(26)10-8-15/h2-12,19-20,26H,13-14H2,1H3,(H,23,28)/t19-,20-/m0/s1. The van der Waals surface area contributed by atoms with Gasteiger partial charge in [-0.2, -0.15) is 0 Å². The predicted octanol–water partition coefficient (Wildman–Crippen LogP) is 3.41. The molecule has 0 aliphatic carbocycles. The molecular formula is C21H22N4O2S. The summed E-state index contributed by atoms with van der Waals surface area (Å²) in [5, 5.41) is 13.8. The second-order valence-electron chi connectivity index (χ2n) is 6.63. The number of methoxy groups -OCH3 is 1. The Hall–Kier alpha value is -2.90. The molecule has 4 rings (SSSR count). The van der Waals surface area contributed by atoms with Gasteiger partial charge < -0.3 is 24.6 Å². The molecule has 0 saturated carbocycles. The van der Waals surface area contributed by atoms with Gasteiger partial charge in [0.25, 0.3) is 0 Å². The van der Waals surface area contributed by atoms with Crippen LogP contribution in [0, 0.1) is 0 Å². The lowest BCUT2D eigenvalue weighted by atomic mass is 10.0. The van der Waals surface area contributed by atoms with Crippen LogP contribution < -0.4 is 10.2 Å². The summed E-state index contributed by atoms with van der Waals surface area (Å²) in [6.07, 6.45) is 3.85. The number of hydrogen-bond acceptors (Lipinski definition) is 4. The first kappa shape index (κ1) is 18.5. The Kier molecular flexibility index (Phi) is 5.27. The van der Waals surface area contributed by atoms with Crippen LogP contribution in [0.1, 0.15) is 23.5 Å². The molecule has 1 saturated heterocycles. The number of phenols is 1. The fraction of sp³-hybridized carbons (Fsp3) is 0.238. The normalized spacial score (nSPS) is 19.0. The van der Waals surface area contributed by atoms with E-state index in [4.69, 9.17) is 17.0 Å². The summed E-state index contributed by atoms with van der Waals surface area (Å²) in [5.74, 6) is 0.225. The molecule has 6 nitrogen and oxygen atoms in total. The molecule has 1 fully saturated rings.